The molecule has 1 aliphatic rings. The Labute approximate surface area is 211 Å². The highest BCUT2D eigenvalue weighted by Crippen LogP contribution is 2.35. The van der Waals surface area contributed by atoms with Gasteiger partial charge in [-0.1, -0.05) is 12.1 Å². The predicted molar refractivity (Wildman–Crippen MR) is 141 cm³/mol. The molecule has 6 heterocycles. The van der Waals surface area contributed by atoms with E-state index >= 15 is 0 Å². The number of hydrogen-bond donors (Lipinski definition) is 1. The second-order valence-electron chi connectivity index (χ2n) is 8.85. The van der Waals surface area contributed by atoms with E-state index in [1.807, 2.05) is 16.9 Å². The lowest BCUT2D eigenvalue weighted by Gasteiger charge is -2.16. The quantitative estimate of drug-likeness (QED) is 0.316. The fourth-order valence-electron chi connectivity index (χ4n) is 4.95. The standard InChI is InChI=1S/C25H25IN8/c1-16(34-25-21(23(26)31-34)24(27)29-15-30-25)19-12-18-6-2-3-11-33(18)22(19)20-8-7-17(13-28-20)14-32-9-4-5-10-32/h2-3,6-8,11-13,15-16H,4-5,9-10,14H2,1H3,(H2,27,29,30). The first kappa shape index (κ1) is 21.5. The lowest BCUT2D eigenvalue weighted by molar-refractivity contribution is 0.331. The van der Waals surface area contributed by atoms with Crippen molar-refractivity contribution in [2.75, 3.05) is 18.8 Å². The number of fused-ring (bicyclic) bond motifs is 2. The molecule has 6 rings (SSSR count). The van der Waals surface area contributed by atoms with Crippen LogP contribution in [0.1, 0.15) is 36.9 Å². The second-order valence-corrected chi connectivity index (χ2v) is 9.87. The monoisotopic (exact) mass is 564 g/mol. The summed E-state index contributed by atoms with van der Waals surface area (Å²) in [5.41, 5.74) is 12.4. The Morgan fingerprint density at radius 3 is 2.74 bits per heavy atom. The highest BCUT2D eigenvalue weighted by Gasteiger charge is 2.24. The van der Waals surface area contributed by atoms with Crippen molar-refractivity contribution in [2.45, 2.75) is 32.4 Å². The summed E-state index contributed by atoms with van der Waals surface area (Å²) in [4.78, 5) is 16.1. The Kier molecular flexibility index (Phi) is 5.45. The van der Waals surface area contributed by atoms with E-state index in [4.69, 9.17) is 15.8 Å². The largest absolute Gasteiger partial charge is 0.383 e. The Balaban J connectivity index is 1.45. The lowest BCUT2D eigenvalue weighted by atomic mass is 10.1. The van der Waals surface area contributed by atoms with Gasteiger partial charge in [0.15, 0.2) is 5.65 Å². The topological polar surface area (TPSA) is 90.2 Å². The summed E-state index contributed by atoms with van der Waals surface area (Å²) in [6.45, 7) is 5.46. The minimum absolute atomic E-state index is 0.0821. The van der Waals surface area contributed by atoms with Crippen LogP contribution in [0, 0.1) is 3.70 Å². The number of rotatable bonds is 5. The molecule has 0 saturated carbocycles. The number of aromatic nitrogens is 6. The molecule has 0 radical (unpaired) electrons. The van der Waals surface area contributed by atoms with Gasteiger partial charge in [-0.05, 0) is 85.3 Å². The van der Waals surface area contributed by atoms with Crippen LogP contribution in [-0.4, -0.2) is 47.1 Å². The second kappa shape index (κ2) is 8.62. The molecule has 2 N–H and O–H groups in total. The van der Waals surface area contributed by atoms with Crippen LogP contribution in [0.3, 0.4) is 0 Å². The van der Waals surface area contributed by atoms with Gasteiger partial charge in [-0.2, -0.15) is 5.10 Å². The van der Waals surface area contributed by atoms with Crippen molar-refractivity contribution in [1.29, 1.82) is 0 Å². The number of nitrogen functional groups attached to an aromatic ring is 1. The summed E-state index contributed by atoms with van der Waals surface area (Å²) in [6.07, 6.45) is 8.19. The normalized spacial score (nSPS) is 15.5. The summed E-state index contributed by atoms with van der Waals surface area (Å²) in [7, 11) is 0. The third-order valence-electron chi connectivity index (χ3n) is 6.67. The molecule has 172 valence electrons. The van der Waals surface area contributed by atoms with E-state index in [-0.39, 0.29) is 6.04 Å². The molecule has 0 bridgehead atoms. The van der Waals surface area contributed by atoms with E-state index in [0.717, 1.165) is 43.7 Å². The number of likely N-dealkylation sites (tertiary alicyclic amines) is 1. The van der Waals surface area contributed by atoms with Crippen molar-refractivity contribution >= 4 is 45.0 Å². The van der Waals surface area contributed by atoms with Crippen molar-refractivity contribution < 1.29 is 0 Å². The van der Waals surface area contributed by atoms with E-state index in [9.17, 15) is 0 Å². The number of anilines is 1. The van der Waals surface area contributed by atoms with E-state index in [1.54, 1.807) is 0 Å². The van der Waals surface area contributed by atoms with Crippen molar-refractivity contribution in [3.8, 4) is 11.4 Å². The van der Waals surface area contributed by atoms with Crippen LogP contribution in [-0.2, 0) is 6.54 Å². The molecular formula is C25H25IN8. The maximum atomic E-state index is 6.14. The molecule has 0 aliphatic carbocycles. The maximum absolute atomic E-state index is 6.14. The van der Waals surface area contributed by atoms with Gasteiger partial charge in [0.1, 0.15) is 15.8 Å². The molecule has 1 aliphatic heterocycles. The zero-order valence-electron chi connectivity index (χ0n) is 18.9. The van der Waals surface area contributed by atoms with Gasteiger partial charge in [0.25, 0.3) is 0 Å². The molecule has 1 fully saturated rings. The SMILES string of the molecule is CC(c1cc2ccccn2c1-c1ccc(CN2CCCC2)cn1)n1nc(I)c2c(N)ncnc21. The van der Waals surface area contributed by atoms with Crippen molar-refractivity contribution in [3.63, 3.8) is 0 Å². The minimum Gasteiger partial charge on any atom is -0.383 e. The van der Waals surface area contributed by atoms with E-state index in [1.165, 1.54) is 37.8 Å². The molecule has 1 saturated heterocycles. The van der Waals surface area contributed by atoms with Gasteiger partial charge in [0.05, 0.1) is 22.8 Å². The molecule has 1 atom stereocenters. The van der Waals surface area contributed by atoms with Gasteiger partial charge in [-0.15, -0.1) is 0 Å². The molecule has 0 aromatic carbocycles. The Bertz CT molecular complexity index is 1480. The smallest absolute Gasteiger partial charge is 0.165 e. The van der Waals surface area contributed by atoms with Gasteiger partial charge in [-0.25, -0.2) is 14.6 Å². The first-order valence-electron chi connectivity index (χ1n) is 11.5. The molecule has 5 aromatic rings. The van der Waals surface area contributed by atoms with Gasteiger partial charge in [-0.3, -0.25) is 9.88 Å². The molecule has 0 spiro atoms. The fourth-order valence-corrected chi connectivity index (χ4v) is 5.70. The first-order valence-corrected chi connectivity index (χ1v) is 12.6. The van der Waals surface area contributed by atoms with E-state index in [0.29, 0.717) is 5.82 Å². The molecule has 0 amide bonds. The number of nitrogens with zero attached hydrogens (tertiary/aromatic N) is 7. The van der Waals surface area contributed by atoms with Crippen molar-refractivity contribution in [3.05, 3.63) is 69.9 Å². The van der Waals surface area contributed by atoms with Gasteiger partial charge < -0.3 is 10.1 Å². The number of hydrogen-bond acceptors (Lipinski definition) is 6. The molecule has 34 heavy (non-hydrogen) atoms. The Morgan fingerprint density at radius 1 is 1.09 bits per heavy atom. The first-order chi connectivity index (χ1) is 16.6. The average Bonchev–Trinajstić information content (AvgIpc) is 3.57. The predicted octanol–water partition coefficient (Wildman–Crippen LogP) is 4.53. The van der Waals surface area contributed by atoms with Crippen LogP contribution in [0.4, 0.5) is 5.82 Å². The van der Waals surface area contributed by atoms with Crippen LogP contribution in [0.5, 0.6) is 0 Å². The van der Waals surface area contributed by atoms with Crippen LogP contribution >= 0.6 is 22.6 Å². The van der Waals surface area contributed by atoms with Gasteiger partial charge in [0.2, 0.25) is 0 Å². The molecule has 9 heteroatoms. The summed E-state index contributed by atoms with van der Waals surface area (Å²) >= 11 is 2.20. The summed E-state index contributed by atoms with van der Waals surface area (Å²) in [5, 5.41) is 5.58. The zero-order valence-corrected chi connectivity index (χ0v) is 21.1. The van der Waals surface area contributed by atoms with Gasteiger partial charge in [0, 0.05) is 30.0 Å². The molecule has 1 unspecified atom stereocenters. The summed E-state index contributed by atoms with van der Waals surface area (Å²) in [6, 6.07) is 12.7. The average molecular weight is 564 g/mol. The lowest BCUT2D eigenvalue weighted by Crippen LogP contribution is -2.18. The van der Waals surface area contributed by atoms with Crippen LogP contribution < -0.4 is 5.73 Å². The molecule has 8 nitrogen and oxygen atoms in total. The molecular weight excluding hydrogens is 539 g/mol. The Morgan fingerprint density at radius 2 is 1.94 bits per heavy atom. The maximum Gasteiger partial charge on any atom is 0.165 e. The minimum atomic E-state index is -0.0821. The van der Waals surface area contributed by atoms with E-state index in [2.05, 4.69) is 85.3 Å². The van der Waals surface area contributed by atoms with Crippen LogP contribution in [0.2, 0.25) is 0 Å². The van der Waals surface area contributed by atoms with Crippen LogP contribution in [0.15, 0.2) is 55.1 Å². The zero-order chi connectivity index (χ0) is 23.2. The van der Waals surface area contributed by atoms with Crippen molar-refractivity contribution in [1.82, 2.24) is 34.0 Å². The van der Waals surface area contributed by atoms with Crippen molar-refractivity contribution in [2.24, 2.45) is 0 Å². The highest BCUT2D eigenvalue weighted by atomic mass is 127. The highest BCUT2D eigenvalue weighted by molar-refractivity contribution is 14.1. The fraction of sp³-hybridized carbons (Fsp3) is 0.280. The third-order valence-corrected chi connectivity index (χ3v) is 7.43. The molecule has 5 aromatic heterocycles. The van der Waals surface area contributed by atoms with E-state index < -0.39 is 0 Å². The van der Waals surface area contributed by atoms with Crippen LogP contribution in [0.25, 0.3) is 27.9 Å². The Hall–Kier alpha value is -3.05. The number of pyridine rings is 2. The summed E-state index contributed by atoms with van der Waals surface area (Å²) < 4.78 is 4.94. The van der Waals surface area contributed by atoms with Gasteiger partial charge >= 0.3 is 0 Å². The summed E-state index contributed by atoms with van der Waals surface area (Å²) in [5.74, 6) is 0.449. The third kappa shape index (κ3) is 3.63. The number of halogens is 1. The number of nitrogens with two attached hydrogens (primary N) is 1.